The van der Waals surface area contributed by atoms with Gasteiger partial charge in [0.1, 0.15) is 29.8 Å². The summed E-state index contributed by atoms with van der Waals surface area (Å²) < 4.78 is 5.38. The SMILES string of the molecule is CN[C@@H](C(=O)N1CCC[C@H]1C(=O)Nc1ccc2[nH]c(-c3ccc(NC(=O)[C@@H]4CCCN4C(=O)[C@H](NC(=O)OC(C)(C)C)C(C)C)cc3)cc2c1)c1ccccc1. The van der Waals surface area contributed by atoms with Gasteiger partial charge in [-0.3, -0.25) is 19.2 Å². The monoisotopic (exact) mass is 763 g/mol. The summed E-state index contributed by atoms with van der Waals surface area (Å²) in [5.74, 6) is -1.13. The number of alkyl carbamates (subject to hydrolysis) is 1. The van der Waals surface area contributed by atoms with E-state index in [-0.39, 0.29) is 29.5 Å². The Morgan fingerprint density at radius 1 is 0.768 bits per heavy atom. The van der Waals surface area contributed by atoms with Gasteiger partial charge >= 0.3 is 6.09 Å². The lowest BCUT2D eigenvalue weighted by Crippen LogP contribution is -2.55. The normalized spacial score (nSPS) is 18.1. The number of carbonyl (C=O) groups is 5. The summed E-state index contributed by atoms with van der Waals surface area (Å²) in [6.45, 7) is 9.92. The minimum Gasteiger partial charge on any atom is -0.444 e. The van der Waals surface area contributed by atoms with Gasteiger partial charge in [0.05, 0.1) is 0 Å². The summed E-state index contributed by atoms with van der Waals surface area (Å²) in [7, 11) is 1.75. The fourth-order valence-electron chi connectivity index (χ4n) is 7.53. The van der Waals surface area contributed by atoms with Crippen molar-refractivity contribution >= 4 is 52.0 Å². The Bertz CT molecular complexity index is 2060. The summed E-state index contributed by atoms with van der Waals surface area (Å²) in [5.41, 5.74) is 4.02. The minimum absolute atomic E-state index is 0.118. The zero-order valence-corrected chi connectivity index (χ0v) is 33.0. The van der Waals surface area contributed by atoms with Crippen LogP contribution >= 0.6 is 0 Å². The second-order valence-corrected chi connectivity index (χ2v) is 15.9. The van der Waals surface area contributed by atoms with Gasteiger partial charge in [0.25, 0.3) is 0 Å². The number of rotatable bonds is 11. The van der Waals surface area contributed by atoms with E-state index in [1.807, 2.05) is 92.7 Å². The van der Waals surface area contributed by atoms with Crippen molar-refractivity contribution in [2.75, 3.05) is 30.8 Å². The zero-order chi connectivity index (χ0) is 40.1. The zero-order valence-electron chi connectivity index (χ0n) is 33.0. The second-order valence-electron chi connectivity index (χ2n) is 15.9. The van der Waals surface area contributed by atoms with Crippen LogP contribution in [0, 0.1) is 5.92 Å². The first-order chi connectivity index (χ1) is 26.7. The van der Waals surface area contributed by atoms with Gasteiger partial charge in [0, 0.05) is 41.1 Å². The van der Waals surface area contributed by atoms with E-state index in [4.69, 9.17) is 4.74 Å². The number of fused-ring (bicyclic) bond motifs is 1. The summed E-state index contributed by atoms with van der Waals surface area (Å²) in [5, 5.41) is 12.7. The first-order valence-corrected chi connectivity index (χ1v) is 19.4. The Kier molecular flexibility index (Phi) is 12.1. The number of H-pyrrole nitrogens is 1. The van der Waals surface area contributed by atoms with Crippen molar-refractivity contribution in [3.63, 3.8) is 0 Å². The molecule has 6 rings (SSSR count). The molecule has 0 bridgehead atoms. The fraction of sp³-hybridized carbons (Fsp3) is 0.419. The number of hydrogen-bond acceptors (Lipinski definition) is 7. The van der Waals surface area contributed by atoms with Crippen LogP contribution in [-0.2, 0) is 23.9 Å². The van der Waals surface area contributed by atoms with Gasteiger partial charge in [-0.25, -0.2) is 4.79 Å². The third-order valence-corrected chi connectivity index (χ3v) is 10.3. The van der Waals surface area contributed by atoms with E-state index in [9.17, 15) is 24.0 Å². The molecule has 0 aliphatic carbocycles. The Morgan fingerprint density at radius 2 is 1.36 bits per heavy atom. The van der Waals surface area contributed by atoms with Gasteiger partial charge < -0.3 is 40.8 Å². The van der Waals surface area contributed by atoms with Crippen LogP contribution in [0.4, 0.5) is 16.2 Å². The highest BCUT2D eigenvalue weighted by atomic mass is 16.6. The van der Waals surface area contributed by atoms with E-state index in [1.54, 1.807) is 37.6 Å². The highest BCUT2D eigenvalue weighted by Crippen LogP contribution is 2.30. The number of ether oxygens (including phenoxy) is 1. The number of aromatic nitrogens is 1. The van der Waals surface area contributed by atoms with E-state index in [2.05, 4.69) is 26.3 Å². The maximum atomic E-state index is 13.6. The quantitative estimate of drug-likeness (QED) is 0.121. The topological polar surface area (TPSA) is 165 Å². The molecule has 5 N–H and O–H groups in total. The number of likely N-dealkylation sites (N-methyl/N-ethyl adjacent to an activating group) is 1. The average molecular weight is 764 g/mol. The molecule has 296 valence electrons. The summed E-state index contributed by atoms with van der Waals surface area (Å²) in [6.07, 6.45) is 1.88. The first kappa shape index (κ1) is 40.0. The molecule has 0 radical (unpaired) electrons. The lowest BCUT2D eigenvalue weighted by molar-refractivity contribution is -0.139. The van der Waals surface area contributed by atoms with Crippen molar-refractivity contribution in [2.24, 2.45) is 5.92 Å². The number of amides is 5. The lowest BCUT2D eigenvalue weighted by Gasteiger charge is -2.31. The van der Waals surface area contributed by atoms with Crippen LogP contribution < -0.4 is 21.3 Å². The molecular formula is C43H53N7O6. The third kappa shape index (κ3) is 9.22. The van der Waals surface area contributed by atoms with Crippen molar-refractivity contribution in [3.05, 3.63) is 84.4 Å². The van der Waals surface area contributed by atoms with E-state index < -0.39 is 35.9 Å². The van der Waals surface area contributed by atoms with Gasteiger partial charge in [-0.15, -0.1) is 0 Å². The molecule has 4 atom stereocenters. The molecule has 56 heavy (non-hydrogen) atoms. The summed E-state index contributed by atoms with van der Waals surface area (Å²) >= 11 is 0. The first-order valence-electron chi connectivity index (χ1n) is 19.4. The molecule has 3 aromatic carbocycles. The van der Waals surface area contributed by atoms with Crippen molar-refractivity contribution in [2.45, 2.75) is 90.1 Å². The fourth-order valence-corrected chi connectivity index (χ4v) is 7.53. The molecule has 4 aromatic rings. The predicted octanol–water partition coefficient (Wildman–Crippen LogP) is 6.20. The number of likely N-dealkylation sites (tertiary alicyclic amines) is 2. The number of carbonyl (C=O) groups excluding carboxylic acids is 5. The lowest BCUT2D eigenvalue weighted by atomic mass is 10.0. The van der Waals surface area contributed by atoms with Crippen LogP contribution in [-0.4, -0.2) is 88.4 Å². The predicted molar refractivity (Wildman–Crippen MR) is 217 cm³/mol. The number of anilines is 2. The van der Waals surface area contributed by atoms with Gasteiger partial charge in [0.15, 0.2) is 0 Å². The maximum absolute atomic E-state index is 13.6. The Hall–Kier alpha value is -5.69. The molecule has 2 aliphatic rings. The highest BCUT2D eigenvalue weighted by molar-refractivity contribution is 6.01. The van der Waals surface area contributed by atoms with Crippen molar-refractivity contribution in [3.8, 4) is 11.3 Å². The molecule has 2 fully saturated rings. The molecule has 13 heteroatoms. The summed E-state index contributed by atoms with van der Waals surface area (Å²) in [6, 6.07) is 22.0. The molecule has 0 unspecified atom stereocenters. The number of nitrogens with one attached hydrogen (secondary N) is 5. The number of benzene rings is 3. The second kappa shape index (κ2) is 17.0. The average Bonchev–Trinajstić information content (AvgIpc) is 3.94. The van der Waals surface area contributed by atoms with E-state index in [0.717, 1.165) is 34.1 Å². The molecule has 3 heterocycles. The molecule has 2 aliphatic heterocycles. The standard InChI is InChI=1S/C43H53N7O6/c1-26(2)36(48-42(55)56-43(3,4)5)40(53)49-22-10-14-34(49)38(51)45-30-18-16-27(17-19-30)33-25-29-24-31(20-21-32(29)47-33)46-39(52)35-15-11-23-50(35)41(54)37(44-6)28-12-8-7-9-13-28/h7-9,12-13,16-21,24-26,34-37,44,47H,10-11,14-15,22-23H2,1-6H3,(H,45,51)(H,46,52)(H,48,55)/t34-,35-,36+,37+/m0/s1. The highest BCUT2D eigenvalue weighted by Gasteiger charge is 2.40. The maximum Gasteiger partial charge on any atom is 0.408 e. The van der Waals surface area contributed by atoms with Crippen molar-refractivity contribution in [1.29, 1.82) is 0 Å². The van der Waals surface area contributed by atoms with Gasteiger partial charge in [-0.05, 0) is 107 Å². The van der Waals surface area contributed by atoms with E-state index in [1.165, 1.54) is 0 Å². The Labute approximate surface area is 327 Å². The molecular weight excluding hydrogens is 711 g/mol. The third-order valence-electron chi connectivity index (χ3n) is 10.3. The minimum atomic E-state index is -0.828. The van der Waals surface area contributed by atoms with Gasteiger partial charge in [-0.1, -0.05) is 56.3 Å². The van der Waals surface area contributed by atoms with Crippen molar-refractivity contribution in [1.82, 2.24) is 25.4 Å². The molecule has 13 nitrogen and oxygen atoms in total. The molecule has 0 saturated carbocycles. The summed E-state index contributed by atoms with van der Waals surface area (Å²) in [4.78, 5) is 73.3. The van der Waals surface area contributed by atoms with Crippen molar-refractivity contribution < 1.29 is 28.7 Å². The van der Waals surface area contributed by atoms with Crippen LogP contribution in [0.15, 0.2) is 78.9 Å². The molecule has 2 saturated heterocycles. The van der Waals surface area contributed by atoms with Gasteiger partial charge in [0.2, 0.25) is 23.6 Å². The van der Waals surface area contributed by atoms with Gasteiger partial charge in [-0.2, -0.15) is 0 Å². The van der Waals surface area contributed by atoms with Crippen LogP contribution in [0.25, 0.3) is 22.2 Å². The molecule has 5 amide bonds. The Balaban J connectivity index is 1.07. The van der Waals surface area contributed by atoms with Crippen LogP contribution in [0.3, 0.4) is 0 Å². The number of nitrogens with zero attached hydrogens (tertiary/aromatic N) is 2. The molecule has 1 aromatic heterocycles. The van der Waals surface area contributed by atoms with Crippen LogP contribution in [0.1, 0.15) is 71.9 Å². The smallest absolute Gasteiger partial charge is 0.408 e. The number of aromatic amines is 1. The molecule has 0 spiro atoms. The van der Waals surface area contributed by atoms with E-state index in [0.29, 0.717) is 43.7 Å². The Morgan fingerprint density at radius 3 is 1.95 bits per heavy atom. The number of hydrogen-bond donors (Lipinski definition) is 5. The van der Waals surface area contributed by atoms with Crippen LogP contribution in [0.2, 0.25) is 0 Å². The van der Waals surface area contributed by atoms with Crippen LogP contribution in [0.5, 0.6) is 0 Å². The van der Waals surface area contributed by atoms with E-state index >= 15 is 0 Å². The largest absolute Gasteiger partial charge is 0.444 e.